The number of non-ortho nitro benzene ring substituents is 1. The zero-order valence-electron chi connectivity index (χ0n) is 9.41. The van der Waals surface area contributed by atoms with Crippen LogP contribution in [0.5, 0.6) is 0 Å². The zero-order valence-corrected chi connectivity index (χ0v) is 12.3. The predicted molar refractivity (Wildman–Crippen MR) is 58.5 cm³/mol. The van der Waals surface area contributed by atoms with Crippen LogP contribution in [0.25, 0.3) is 0 Å². The van der Waals surface area contributed by atoms with Crippen molar-refractivity contribution in [1.29, 1.82) is 5.26 Å². The largest absolute Gasteiger partial charge is 0.369 e. The van der Waals surface area contributed by atoms with Crippen molar-refractivity contribution in [3.05, 3.63) is 33.9 Å². The summed E-state index contributed by atoms with van der Waals surface area (Å²) in [5, 5.41) is 19.3. The molecule has 1 rings (SSSR count). The quantitative estimate of drug-likeness (QED) is 0.278. The number of hydrogen-bond donors (Lipinski definition) is 0. The Kier molecular flexibility index (Phi) is 6.55. The van der Waals surface area contributed by atoms with Crippen molar-refractivity contribution in [2.75, 3.05) is 14.1 Å². The van der Waals surface area contributed by atoms with E-state index in [0.29, 0.717) is 5.69 Å². The van der Waals surface area contributed by atoms with Crippen molar-refractivity contribution in [1.82, 2.24) is 4.90 Å². The van der Waals surface area contributed by atoms with E-state index in [0.717, 1.165) is 0 Å². The predicted octanol–water partition coefficient (Wildman–Crippen LogP) is 1.49. The molecule has 0 aliphatic carbocycles. The molecule has 0 aliphatic rings. The Hall–Kier alpha value is -1.32. The van der Waals surface area contributed by atoms with Crippen LogP contribution in [0, 0.1) is 27.5 Å². The molecule has 1 aromatic carbocycles. The Morgan fingerprint density at radius 2 is 2.24 bits per heavy atom. The molecule has 0 bridgehead atoms. The fourth-order valence-corrected chi connectivity index (χ4v) is 0.952. The Bertz CT molecular complexity index is 480. The topological polar surface area (TPSA) is 82.5 Å². The SMILES string of the molecule is CN(C)C=Nc1ccc([N+](=O)[O-])[c-]c1C#N.[Y]. The summed E-state index contributed by atoms with van der Waals surface area (Å²) in [5.74, 6) is 0. The third-order valence-corrected chi connectivity index (χ3v) is 1.64. The summed E-state index contributed by atoms with van der Waals surface area (Å²) in [7, 11) is 3.56. The number of nitrogens with zero attached hydrogens (tertiary/aromatic N) is 4. The van der Waals surface area contributed by atoms with Gasteiger partial charge in [0.1, 0.15) is 0 Å². The summed E-state index contributed by atoms with van der Waals surface area (Å²) in [4.78, 5) is 15.6. The van der Waals surface area contributed by atoms with E-state index in [4.69, 9.17) is 5.26 Å². The van der Waals surface area contributed by atoms with E-state index in [2.05, 4.69) is 11.1 Å². The summed E-state index contributed by atoms with van der Waals surface area (Å²) in [5.41, 5.74) is 0.189. The molecule has 0 fully saturated rings. The third-order valence-electron chi connectivity index (χ3n) is 1.64. The second-order valence-electron chi connectivity index (χ2n) is 3.18. The fraction of sp³-hybridized carbons (Fsp3) is 0.200. The molecule has 0 aromatic heterocycles. The van der Waals surface area contributed by atoms with Gasteiger partial charge in [0.15, 0.2) is 5.69 Å². The molecule has 17 heavy (non-hydrogen) atoms. The summed E-state index contributed by atoms with van der Waals surface area (Å²) in [6.45, 7) is 0. The second kappa shape index (κ2) is 7.10. The van der Waals surface area contributed by atoms with Gasteiger partial charge in [-0.05, 0) is 17.8 Å². The first kappa shape index (κ1) is 15.7. The van der Waals surface area contributed by atoms with Crippen molar-refractivity contribution in [2.24, 2.45) is 4.99 Å². The Morgan fingerprint density at radius 1 is 1.59 bits per heavy atom. The average molecular weight is 306 g/mol. The first-order valence-electron chi connectivity index (χ1n) is 4.36. The van der Waals surface area contributed by atoms with E-state index in [-0.39, 0.29) is 44.0 Å². The van der Waals surface area contributed by atoms with Gasteiger partial charge in [0, 0.05) is 51.7 Å². The number of hydrogen-bond acceptors (Lipinski definition) is 4. The summed E-state index contributed by atoms with van der Waals surface area (Å²) < 4.78 is 0. The number of nitriles is 1. The van der Waals surface area contributed by atoms with E-state index in [1.54, 1.807) is 19.0 Å². The normalized spacial score (nSPS) is 9.47. The molecule has 1 aromatic rings. The van der Waals surface area contributed by atoms with Gasteiger partial charge in [0.05, 0.1) is 6.34 Å². The Morgan fingerprint density at radius 3 is 2.71 bits per heavy atom. The molecule has 0 saturated carbocycles. The molecule has 0 atom stereocenters. The molecule has 1 radical (unpaired) electrons. The van der Waals surface area contributed by atoms with Gasteiger partial charge in [-0.3, -0.25) is 20.4 Å². The van der Waals surface area contributed by atoms with Crippen LogP contribution >= 0.6 is 0 Å². The number of benzene rings is 1. The van der Waals surface area contributed by atoms with E-state index >= 15 is 0 Å². The minimum atomic E-state index is -0.597. The van der Waals surface area contributed by atoms with E-state index in [1.165, 1.54) is 18.5 Å². The van der Waals surface area contributed by atoms with Crippen LogP contribution in [-0.2, 0) is 32.7 Å². The number of aliphatic imine (C=N–C) groups is 1. The van der Waals surface area contributed by atoms with Gasteiger partial charge in [-0.25, -0.2) is 0 Å². The summed E-state index contributed by atoms with van der Waals surface area (Å²) in [6.07, 6.45) is 1.51. The maximum absolute atomic E-state index is 10.5. The van der Waals surface area contributed by atoms with Crippen LogP contribution < -0.4 is 0 Å². The molecule has 0 saturated heterocycles. The number of nitro benzene ring substituents is 1. The van der Waals surface area contributed by atoms with Crippen molar-refractivity contribution in [3.8, 4) is 6.07 Å². The van der Waals surface area contributed by atoms with Crippen molar-refractivity contribution in [2.45, 2.75) is 0 Å². The van der Waals surface area contributed by atoms with Gasteiger partial charge >= 0.3 is 0 Å². The molecular weight excluding hydrogens is 297 g/mol. The van der Waals surface area contributed by atoms with Crippen molar-refractivity contribution in [3.63, 3.8) is 0 Å². The summed E-state index contributed by atoms with van der Waals surface area (Å²) in [6, 6.07) is 6.91. The molecule has 85 valence electrons. The smallest absolute Gasteiger partial charge is 0.191 e. The summed E-state index contributed by atoms with van der Waals surface area (Å²) >= 11 is 0. The first-order chi connectivity index (χ1) is 7.54. The van der Waals surface area contributed by atoms with Gasteiger partial charge in [-0.15, -0.1) is 6.07 Å². The molecule has 0 N–H and O–H groups in total. The van der Waals surface area contributed by atoms with Crippen LogP contribution in [0.2, 0.25) is 0 Å². The minimum absolute atomic E-state index is 0. The first-order valence-corrected chi connectivity index (χ1v) is 4.36. The average Bonchev–Trinajstić information content (AvgIpc) is 2.25. The zero-order chi connectivity index (χ0) is 12.1. The maximum Gasteiger partial charge on any atom is 0.191 e. The molecule has 0 spiro atoms. The fourth-order valence-electron chi connectivity index (χ4n) is 0.952. The van der Waals surface area contributed by atoms with Crippen molar-refractivity contribution < 1.29 is 37.6 Å². The van der Waals surface area contributed by atoms with Crippen LogP contribution in [0.3, 0.4) is 0 Å². The van der Waals surface area contributed by atoms with Crippen LogP contribution in [0.1, 0.15) is 5.56 Å². The number of rotatable bonds is 3. The van der Waals surface area contributed by atoms with E-state index in [1.807, 2.05) is 6.07 Å². The Labute approximate surface area is 124 Å². The molecule has 0 amide bonds. The van der Waals surface area contributed by atoms with Crippen LogP contribution in [0.15, 0.2) is 17.1 Å². The van der Waals surface area contributed by atoms with Crippen LogP contribution in [-0.4, -0.2) is 30.3 Å². The molecule has 0 aliphatic heterocycles. The second-order valence-corrected chi connectivity index (χ2v) is 3.18. The molecule has 7 heteroatoms. The minimum Gasteiger partial charge on any atom is -0.369 e. The van der Waals surface area contributed by atoms with Gasteiger partial charge in [-0.2, -0.15) is 0 Å². The standard InChI is InChI=1S/C10H9N4O2.Y/c1-13(2)7-12-10-4-3-9(14(15)16)5-8(10)6-11;/h3-4,7H,1-2H3;/q-1;. The molecular formula is C10H9N4O2Y-. The van der Waals surface area contributed by atoms with E-state index < -0.39 is 4.92 Å². The monoisotopic (exact) mass is 306 g/mol. The third kappa shape index (κ3) is 4.59. The van der Waals surface area contributed by atoms with Crippen molar-refractivity contribution >= 4 is 17.7 Å². The maximum atomic E-state index is 10.5. The van der Waals surface area contributed by atoms with Crippen LogP contribution in [0.4, 0.5) is 11.4 Å². The van der Waals surface area contributed by atoms with Gasteiger partial charge in [-0.1, -0.05) is 11.6 Å². The van der Waals surface area contributed by atoms with Gasteiger partial charge in [0.25, 0.3) is 0 Å². The molecule has 0 heterocycles. The van der Waals surface area contributed by atoms with E-state index in [9.17, 15) is 10.1 Å². The Balaban J connectivity index is 0.00000256. The van der Waals surface area contributed by atoms with Gasteiger partial charge < -0.3 is 4.90 Å². The molecule has 6 nitrogen and oxygen atoms in total. The van der Waals surface area contributed by atoms with Gasteiger partial charge in [0.2, 0.25) is 0 Å². The molecule has 0 unspecified atom stereocenters. The number of nitro groups is 1.